The molecule has 0 saturated heterocycles. The molecule has 0 aliphatic heterocycles. The van der Waals surface area contributed by atoms with Crippen molar-refractivity contribution >= 4 is 60.6 Å². The van der Waals surface area contributed by atoms with E-state index in [1.54, 1.807) is 11.6 Å². The minimum atomic E-state index is -0.232. The van der Waals surface area contributed by atoms with Gasteiger partial charge in [-0.1, -0.05) is 24.3 Å². The Morgan fingerprint density at radius 2 is 2.00 bits per heavy atom. The van der Waals surface area contributed by atoms with Crippen molar-refractivity contribution in [2.45, 2.75) is 13.3 Å². The third-order valence-electron chi connectivity index (χ3n) is 6.16. The first-order valence-electron chi connectivity index (χ1n) is 11.1. The molecule has 0 spiro atoms. The molecule has 0 fully saturated rings. The average molecular weight is 480 g/mol. The summed E-state index contributed by atoms with van der Waals surface area (Å²) in [5, 5.41) is 12.4. The Kier molecular flexibility index (Phi) is 4.93. The van der Waals surface area contributed by atoms with Crippen molar-refractivity contribution in [1.29, 1.82) is 0 Å². The molecule has 4 heterocycles. The minimum absolute atomic E-state index is 0.232. The first kappa shape index (κ1) is 21.2. The molecule has 0 atom stereocenters. The standard InChI is InChI=1S/C26H21N7OS/c1-14-3-6-17-18(22(14)31-26(34)19-12-35-24-23(19)29-13-30-25(24)27)7-8-28-21(17)10-15-4-5-16-11-33(2)32-20(16)9-15/h3-9,11-13H,10H2,1-2H3,(H,31,34)(H2,27,29,30). The molecule has 0 aliphatic carbocycles. The van der Waals surface area contributed by atoms with Gasteiger partial charge in [-0.15, -0.1) is 11.3 Å². The van der Waals surface area contributed by atoms with Gasteiger partial charge in [0.15, 0.2) is 0 Å². The Morgan fingerprint density at radius 1 is 1.11 bits per heavy atom. The Labute approximate surface area is 204 Å². The summed E-state index contributed by atoms with van der Waals surface area (Å²) in [6, 6.07) is 12.3. The van der Waals surface area contributed by atoms with Gasteiger partial charge in [0.05, 0.1) is 32.7 Å². The van der Waals surface area contributed by atoms with Crippen LogP contribution >= 0.6 is 11.3 Å². The van der Waals surface area contributed by atoms with E-state index in [2.05, 4.69) is 49.6 Å². The van der Waals surface area contributed by atoms with Gasteiger partial charge in [0.1, 0.15) is 12.1 Å². The summed E-state index contributed by atoms with van der Waals surface area (Å²) in [7, 11) is 1.92. The van der Waals surface area contributed by atoms with Crippen LogP contribution in [0, 0.1) is 6.92 Å². The normalized spacial score (nSPS) is 11.5. The number of aryl methyl sites for hydroxylation is 2. The zero-order chi connectivity index (χ0) is 24.1. The van der Waals surface area contributed by atoms with E-state index in [0.29, 0.717) is 28.0 Å². The lowest BCUT2D eigenvalue weighted by Crippen LogP contribution is -2.13. The van der Waals surface area contributed by atoms with E-state index < -0.39 is 0 Å². The highest BCUT2D eigenvalue weighted by Gasteiger charge is 2.18. The lowest BCUT2D eigenvalue weighted by atomic mass is 9.99. The first-order valence-corrected chi connectivity index (χ1v) is 11.9. The maximum Gasteiger partial charge on any atom is 0.258 e. The van der Waals surface area contributed by atoms with Crippen LogP contribution in [0.15, 0.2) is 60.5 Å². The van der Waals surface area contributed by atoms with E-state index in [-0.39, 0.29) is 5.91 Å². The molecular weight excluding hydrogens is 458 g/mol. The van der Waals surface area contributed by atoms with Crippen molar-refractivity contribution in [2.75, 3.05) is 11.1 Å². The lowest BCUT2D eigenvalue weighted by Gasteiger charge is -2.14. The second-order valence-corrected chi connectivity index (χ2v) is 9.40. The number of hydrogen-bond donors (Lipinski definition) is 2. The minimum Gasteiger partial charge on any atom is -0.382 e. The molecule has 8 nitrogen and oxygen atoms in total. The molecule has 1 amide bonds. The predicted octanol–water partition coefficient (Wildman–Crippen LogP) is 4.86. The lowest BCUT2D eigenvalue weighted by molar-refractivity contribution is 0.102. The van der Waals surface area contributed by atoms with Gasteiger partial charge in [0, 0.05) is 47.4 Å². The van der Waals surface area contributed by atoms with E-state index >= 15 is 0 Å². The number of fused-ring (bicyclic) bond motifs is 3. The van der Waals surface area contributed by atoms with Crippen LogP contribution in [0.1, 0.15) is 27.2 Å². The van der Waals surface area contributed by atoms with E-state index in [4.69, 9.17) is 5.73 Å². The highest BCUT2D eigenvalue weighted by molar-refractivity contribution is 7.18. The molecule has 0 bridgehead atoms. The van der Waals surface area contributed by atoms with Gasteiger partial charge in [0.25, 0.3) is 5.91 Å². The second-order valence-electron chi connectivity index (χ2n) is 8.52. The number of thiophene rings is 1. The van der Waals surface area contributed by atoms with Gasteiger partial charge in [-0.25, -0.2) is 9.97 Å². The Balaban J connectivity index is 1.38. The molecule has 172 valence electrons. The number of aromatic nitrogens is 5. The SMILES string of the molecule is Cc1ccc2c(Cc3ccc4cn(C)nc4c3)nccc2c1NC(=O)c1csc2c(N)ncnc12. The molecule has 3 N–H and O–H groups in total. The number of carbonyl (C=O) groups excluding carboxylic acids is 1. The summed E-state index contributed by atoms with van der Waals surface area (Å²) in [5.74, 6) is 0.143. The van der Waals surface area contributed by atoms with Crippen LogP contribution in [0.25, 0.3) is 31.9 Å². The van der Waals surface area contributed by atoms with Crippen molar-refractivity contribution in [3.8, 4) is 0 Å². The van der Waals surface area contributed by atoms with Gasteiger partial charge < -0.3 is 11.1 Å². The summed E-state index contributed by atoms with van der Waals surface area (Å²) in [4.78, 5) is 26.2. The molecule has 0 unspecified atom stereocenters. The number of pyridine rings is 1. The fraction of sp³-hybridized carbons (Fsp3) is 0.115. The molecule has 0 aliphatic rings. The number of rotatable bonds is 4. The summed E-state index contributed by atoms with van der Waals surface area (Å²) < 4.78 is 2.53. The van der Waals surface area contributed by atoms with E-state index in [1.165, 1.54) is 17.7 Å². The molecular formula is C26H21N7OS. The van der Waals surface area contributed by atoms with Crippen LogP contribution in [0.3, 0.4) is 0 Å². The largest absolute Gasteiger partial charge is 0.382 e. The van der Waals surface area contributed by atoms with Crippen molar-refractivity contribution in [3.63, 3.8) is 0 Å². The fourth-order valence-corrected chi connectivity index (χ4v) is 5.33. The summed E-state index contributed by atoms with van der Waals surface area (Å²) in [6.45, 7) is 1.98. The summed E-state index contributed by atoms with van der Waals surface area (Å²) >= 11 is 1.37. The number of anilines is 2. The van der Waals surface area contributed by atoms with Crippen LogP contribution < -0.4 is 11.1 Å². The number of benzene rings is 2. The van der Waals surface area contributed by atoms with Crippen molar-refractivity contribution in [1.82, 2.24) is 24.7 Å². The Hall–Kier alpha value is -4.37. The molecule has 0 radical (unpaired) electrons. The topological polar surface area (TPSA) is 112 Å². The first-order chi connectivity index (χ1) is 17.0. The maximum atomic E-state index is 13.3. The van der Waals surface area contributed by atoms with Crippen LogP contribution in [-0.2, 0) is 13.5 Å². The third kappa shape index (κ3) is 3.66. The van der Waals surface area contributed by atoms with Gasteiger partial charge >= 0.3 is 0 Å². The third-order valence-corrected chi connectivity index (χ3v) is 7.15. The summed E-state index contributed by atoms with van der Waals surface area (Å²) in [6.07, 6.45) is 5.83. The highest BCUT2D eigenvalue weighted by Crippen LogP contribution is 2.32. The summed E-state index contributed by atoms with van der Waals surface area (Å²) in [5.41, 5.74) is 11.7. The number of nitrogen functional groups attached to an aromatic ring is 1. The highest BCUT2D eigenvalue weighted by atomic mass is 32.1. The second kappa shape index (κ2) is 8.14. The molecule has 6 aromatic rings. The molecule has 0 saturated carbocycles. The van der Waals surface area contributed by atoms with Gasteiger partial charge in [-0.05, 0) is 30.2 Å². The maximum absolute atomic E-state index is 13.3. The predicted molar refractivity (Wildman–Crippen MR) is 140 cm³/mol. The number of nitrogens with two attached hydrogens (primary N) is 1. The van der Waals surface area contributed by atoms with Crippen LogP contribution in [0.5, 0.6) is 0 Å². The number of carbonyl (C=O) groups is 1. The van der Waals surface area contributed by atoms with Crippen molar-refractivity contribution in [2.24, 2.45) is 7.05 Å². The molecule has 9 heteroatoms. The van der Waals surface area contributed by atoms with Crippen LogP contribution in [0.2, 0.25) is 0 Å². The van der Waals surface area contributed by atoms with Crippen LogP contribution in [-0.4, -0.2) is 30.6 Å². The van der Waals surface area contributed by atoms with Gasteiger partial charge in [-0.3, -0.25) is 14.5 Å². The number of nitrogens with zero attached hydrogens (tertiary/aromatic N) is 5. The molecule has 2 aromatic carbocycles. The average Bonchev–Trinajstić information content (AvgIpc) is 3.44. The molecule has 6 rings (SSSR count). The van der Waals surface area contributed by atoms with Crippen LogP contribution in [0.4, 0.5) is 11.5 Å². The van der Waals surface area contributed by atoms with Crippen molar-refractivity contribution < 1.29 is 4.79 Å². The number of nitrogens with one attached hydrogen (secondary N) is 1. The van der Waals surface area contributed by atoms with Crippen molar-refractivity contribution in [3.05, 3.63) is 82.9 Å². The van der Waals surface area contributed by atoms with Gasteiger partial charge in [0.2, 0.25) is 0 Å². The smallest absolute Gasteiger partial charge is 0.258 e. The fourth-order valence-electron chi connectivity index (χ4n) is 4.43. The zero-order valence-electron chi connectivity index (χ0n) is 19.1. The molecule has 35 heavy (non-hydrogen) atoms. The van der Waals surface area contributed by atoms with E-state index in [1.807, 2.05) is 37.0 Å². The van der Waals surface area contributed by atoms with E-state index in [0.717, 1.165) is 44.2 Å². The van der Waals surface area contributed by atoms with E-state index in [9.17, 15) is 4.79 Å². The monoisotopic (exact) mass is 479 g/mol. The van der Waals surface area contributed by atoms with Gasteiger partial charge in [-0.2, -0.15) is 5.10 Å². The quantitative estimate of drug-likeness (QED) is 0.373. The zero-order valence-corrected chi connectivity index (χ0v) is 19.9. The Bertz CT molecular complexity index is 1770. The Morgan fingerprint density at radius 3 is 2.89 bits per heavy atom. The molecule has 4 aromatic heterocycles. The number of hydrogen-bond acceptors (Lipinski definition) is 7. The number of amides is 1.